The van der Waals surface area contributed by atoms with E-state index in [0.717, 1.165) is 19.4 Å². The molecule has 8 heteroatoms. The number of ether oxygens (including phenoxy) is 2. The van der Waals surface area contributed by atoms with E-state index < -0.39 is 10.0 Å². The Morgan fingerprint density at radius 3 is 2.87 bits per heavy atom. The first-order valence-electron chi connectivity index (χ1n) is 8.29. The summed E-state index contributed by atoms with van der Waals surface area (Å²) in [6.45, 7) is 1.50. The third-order valence-electron chi connectivity index (χ3n) is 4.98. The molecule has 1 aromatic rings. The Morgan fingerprint density at radius 2 is 2.17 bits per heavy atom. The zero-order chi connectivity index (χ0) is 16.0. The smallest absolute Gasteiger partial charge is 0.262 e. The standard InChI is InChI=1S/C15H23N3O4S/c1-17-8-14(16-10-17)23(19,20)18-6-7-21-13-5-4-12(18)15(13)22-9-11-2-3-11/h8,10-13,15H,2-7,9H2,1H3/t12-,13-,15+/m0/s1. The first-order chi connectivity index (χ1) is 11.1. The summed E-state index contributed by atoms with van der Waals surface area (Å²) in [5.74, 6) is 0.651. The fourth-order valence-electron chi connectivity index (χ4n) is 3.55. The van der Waals surface area contributed by atoms with Crippen LogP contribution >= 0.6 is 0 Å². The Bertz CT molecular complexity index is 670. The third kappa shape index (κ3) is 2.93. The summed E-state index contributed by atoms with van der Waals surface area (Å²) < 4.78 is 41.1. The van der Waals surface area contributed by atoms with Gasteiger partial charge in [0.2, 0.25) is 0 Å². The van der Waals surface area contributed by atoms with Crippen molar-refractivity contribution in [2.75, 3.05) is 19.8 Å². The molecule has 0 aromatic carbocycles. The zero-order valence-corrected chi connectivity index (χ0v) is 14.1. The lowest BCUT2D eigenvalue weighted by Crippen LogP contribution is -2.46. The highest BCUT2D eigenvalue weighted by molar-refractivity contribution is 7.89. The van der Waals surface area contributed by atoms with Crippen LogP contribution in [-0.4, -0.2) is 60.3 Å². The molecule has 0 radical (unpaired) electrons. The second-order valence-corrected chi connectivity index (χ2v) is 8.63. The summed E-state index contributed by atoms with van der Waals surface area (Å²) in [7, 11) is -1.85. The van der Waals surface area contributed by atoms with Gasteiger partial charge in [-0.25, -0.2) is 13.4 Å². The molecule has 2 aliphatic carbocycles. The molecule has 128 valence electrons. The predicted octanol–water partition coefficient (Wildman–Crippen LogP) is 0.767. The molecule has 7 nitrogen and oxygen atoms in total. The van der Waals surface area contributed by atoms with Crippen molar-refractivity contribution >= 4 is 10.0 Å². The molecule has 3 atom stereocenters. The molecule has 1 aromatic heterocycles. The van der Waals surface area contributed by atoms with Gasteiger partial charge in [-0.3, -0.25) is 0 Å². The van der Waals surface area contributed by atoms with Gasteiger partial charge < -0.3 is 14.0 Å². The Balaban J connectivity index is 1.59. The molecular weight excluding hydrogens is 318 g/mol. The summed E-state index contributed by atoms with van der Waals surface area (Å²) >= 11 is 0. The summed E-state index contributed by atoms with van der Waals surface area (Å²) in [5.41, 5.74) is 0. The van der Waals surface area contributed by atoms with Crippen molar-refractivity contribution < 1.29 is 17.9 Å². The summed E-state index contributed by atoms with van der Waals surface area (Å²) in [5, 5.41) is 0.103. The molecule has 3 aliphatic rings. The molecule has 0 spiro atoms. The minimum absolute atomic E-state index is 0.0164. The van der Waals surface area contributed by atoms with Crippen LogP contribution in [0.1, 0.15) is 25.7 Å². The molecule has 2 bridgehead atoms. The summed E-state index contributed by atoms with van der Waals surface area (Å²) in [4.78, 5) is 4.04. The Kier molecular flexibility index (Phi) is 3.95. The highest BCUT2D eigenvalue weighted by Gasteiger charge is 2.48. The van der Waals surface area contributed by atoms with Crippen molar-refractivity contribution in [3.05, 3.63) is 12.5 Å². The van der Waals surface area contributed by atoms with Gasteiger partial charge in [0.05, 0.1) is 25.1 Å². The lowest BCUT2D eigenvalue weighted by molar-refractivity contribution is -0.0542. The number of sulfonamides is 1. The van der Waals surface area contributed by atoms with Crippen LogP contribution in [0.5, 0.6) is 0 Å². The van der Waals surface area contributed by atoms with Gasteiger partial charge in [-0.05, 0) is 31.6 Å². The SMILES string of the molecule is Cn1cnc(S(=O)(=O)N2CCO[C@H]3CC[C@H]2[C@H]3OCC2CC2)c1. The van der Waals surface area contributed by atoms with Crippen molar-refractivity contribution in [1.29, 1.82) is 0 Å². The van der Waals surface area contributed by atoms with E-state index >= 15 is 0 Å². The van der Waals surface area contributed by atoms with Gasteiger partial charge in [-0.2, -0.15) is 4.31 Å². The van der Waals surface area contributed by atoms with Gasteiger partial charge in [0.1, 0.15) is 6.10 Å². The molecule has 4 rings (SSSR count). The van der Waals surface area contributed by atoms with Crippen LogP contribution in [0.25, 0.3) is 0 Å². The second-order valence-electron chi connectivity index (χ2n) is 6.79. The van der Waals surface area contributed by atoms with Gasteiger partial charge in [-0.1, -0.05) is 0 Å². The second kappa shape index (κ2) is 5.84. The maximum atomic E-state index is 13.0. The van der Waals surface area contributed by atoms with Crippen molar-refractivity contribution in [2.45, 2.75) is 49.0 Å². The van der Waals surface area contributed by atoms with Gasteiger partial charge >= 0.3 is 0 Å². The molecule has 2 saturated carbocycles. The number of imidazole rings is 1. The van der Waals surface area contributed by atoms with E-state index in [1.807, 2.05) is 0 Å². The van der Waals surface area contributed by atoms with Gasteiger partial charge in [0.15, 0.2) is 5.03 Å². The van der Waals surface area contributed by atoms with E-state index in [2.05, 4.69) is 4.98 Å². The normalized spacial score (nSPS) is 32.1. The summed E-state index contributed by atoms with van der Waals surface area (Å²) in [6.07, 6.45) is 7.00. The van der Waals surface area contributed by atoms with Crippen molar-refractivity contribution in [3.8, 4) is 0 Å². The van der Waals surface area contributed by atoms with Crippen molar-refractivity contribution in [3.63, 3.8) is 0 Å². The van der Waals surface area contributed by atoms with Crippen LogP contribution in [0.2, 0.25) is 0 Å². The largest absolute Gasteiger partial charge is 0.374 e. The molecule has 1 aliphatic heterocycles. The average Bonchev–Trinajstić information content (AvgIpc) is 3.13. The average molecular weight is 341 g/mol. The molecule has 0 amide bonds. The van der Waals surface area contributed by atoms with Gasteiger partial charge in [0, 0.05) is 26.4 Å². The summed E-state index contributed by atoms with van der Waals surface area (Å²) in [6, 6.07) is -0.145. The number of hydrogen-bond acceptors (Lipinski definition) is 5. The Labute approximate surface area is 136 Å². The van der Waals surface area contributed by atoms with Crippen LogP contribution in [-0.2, 0) is 26.5 Å². The van der Waals surface area contributed by atoms with Crippen LogP contribution in [0, 0.1) is 5.92 Å². The monoisotopic (exact) mass is 341 g/mol. The van der Waals surface area contributed by atoms with Crippen LogP contribution < -0.4 is 0 Å². The number of hydrogen-bond donors (Lipinski definition) is 0. The molecule has 0 unspecified atom stereocenters. The molecule has 23 heavy (non-hydrogen) atoms. The number of nitrogens with zero attached hydrogens (tertiary/aromatic N) is 3. The van der Waals surface area contributed by atoms with Crippen LogP contribution in [0.15, 0.2) is 17.6 Å². The van der Waals surface area contributed by atoms with Gasteiger partial charge in [-0.15, -0.1) is 0 Å². The molecule has 3 fully saturated rings. The molecular formula is C15H23N3O4S. The Hall–Kier alpha value is -0.960. The zero-order valence-electron chi connectivity index (χ0n) is 13.3. The van der Waals surface area contributed by atoms with E-state index in [0.29, 0.717) is 19.1 Å². The predicted molar refractivity (Wildman–Crippen MR) is 82.3 cm³/mol. The molecule has 2 heterocycles. The van der Waals surface area contributed by atoms with Gasteiger partial charge in [0.25, 0.3) is 10.0 Å². The number of aromatic nitrogens is 2. The highest BCUT2D eigenvalue weighted by atomic mass is 32.2. The quantitative estimate of drug-likeness (QED) is 0.791. The van der Waals surface area contributed by atoms with E-state index in [-0.39, 0.29) is 23.3 Å². The highest BCUT2D eigenvalue weighted by Crippen LogP contribution is 2.37. The fraction of sp³-hybridized carbons (Fsp3) is 0.800. The topological polar surface area (TPSA) is 73.7 Å². The lowest BCUT2D eigenvalue weighted by Gasteiger charge is -2.29. The molecule has 1 saturated heterocycles. The Morgan fingerprint density at radius 1 is 1.35 bits per heavy atom. The minimum atomic E-state index is -3.61. The first kappa shape index (κ1) is 15.6. The number of fused-ring (bicyclic) bond motifs is 2. The third-order valence-corrected chi connectivity index (χ3v) is 6.79. The minimum Gasteiger partial charge on any atom is -0.374 e. The lowest BCUT2D eigenvalue weighted by atomic mass is 10.2. The van der Waals surface area contributed by atoms with Crippen LogP contribution in [0.4, 0.5) is 0 Å². The fourth-order valence-corrected chi connectivity index (χ4v) is 5.16. The van der Waals surface area contributed by atoms with Crippen LogP contribution in [0.3, 0.4) is 0 Å². The van der Waals surface area contributed by atoms with E-state index in [1.165, 1.54) is 19.2 Å². The van der Waals surface area contributed by atoms with Crippen molar-refractivity contribution in [2.24, 2.45) is 13.0 Å². The number of rotatable bonds is 5. The van der Waals surface area contributed by atoms with E-state index in [9.17, 15) is 8.42 Å². The van der Waals surface area contributed by atoms with E-state index in [4.69, 9.17) is 9.47 Å². The van der Waals surface area contributed by atoms with Crippen molar-refractivity contribution in [1.82, 2.24) is 13.9 Å². The first-order valence-corrected chi connectivity index (χ1v) is 9.73. The number of aryl methyl sites for hydroxylation is 1. The maximum Gasteiger partial charge on any atom is 0.262 e. The molecule has 0 N–H and O–H groups in total. The maximum absolute atomic E-state index is 13.0. The van der Waals surface area contributed by atoms with E-state index in [1.54, 1.807) is 22.1 Å².